The second-order valence-electron chi connectivity index (χ2n) is 5.74. The van der Waals surface area contributed by atoms with E-state index in [1.807, 2.05) is 36.4 Å². The Morgan fingerprint density at radius 2 is 1.62 bits per heavy atom. The summed E-state index contributed by atoms with van der Waals surface area (Å²) >= 11 is 0. The lowest BCUT2D eigenvalue weighted by Gasteiger charge is -2.07. The zero-order valence-electron chi connectivity index (χ0n) is 14.0. The van der Waals surface area contributed by atoms with Gasteiger partial charge in [-0.3, -0.25) is 4.79 Å². The van der Waals surface area contributed by atoms with Crippen LogP contribution >= 0.6 is 0 Å². The van der Waals surface area contributed by atoms with Gasteiger partial charge in [0.25, 0.3) is 5.56 Å². The van der Waals surface area contributed by atoms with Crippen molar-refractivity contribution in [1.29, 1.82) is 0 Å². The normalized spacial score (nSPS) is 11.4. The second kappa shape index (κ2) is 6.33. The fraction of sp³-hybridized carbons (Fsp3) is 0.0500. The minimum absolute atomic E-state index is 0.406. The molecule has 4 aromatic rings. The Balaban J connectivity index is 1.88. The molecule has 26 heavy (non-hydrogen) atoms. The first-order chi connectivity index (χ1) is 12.7. The van der Waals surface area contributed by atoms with E-state index >= 15 is 0 Å². The standard InChI is InChI=1S/C20H15N3O3/c1-26-18-11-10-13(14-6-2-3-7-15(14)18)12-21-23-19(24)16-8-4-5-9-17(16)22-20(23)25/h2-12H,1H3,(H,22,25). The lowest BCUT2D eigenvalue weighted by molar-refractivity contribution is 0.420. The number of fused-ring (bicyclic) bond motifs is 2. The molecule has 0 bridgehead atoms. The van der Waals surface area contributed by atoms with Gasteiger partial charge < -0.3 is 9.72 Å². The Bertz CT molecular complexity index is 1270. The van der Waals surface area contributed by atoms with Crippen molar-refractivity contribution in [3.63, 3.8) is 0 Å². The largest absolute Gasteiger partial charge is 0.496 e. The van der Waals surface area contributed by atoms with E-state index in [4.69, 9.17) is 4.74 Å². The molecule has 4 rings (SSSR count). The number of nitrogens with zero attached hydrogens (tertiary/aromatic N) is 2. The van der Waals surface area contributed by atoms with E-state index in [1.54, 1.807) is 31.4 Å². The minimum Gasteiger partial charge on any atom is -0.496 e. The highest BCUT2D eigenvalue weighted by Crippen LogP contribution is 2.27. The average molecular weight is 345 g/mol. The van der Waals surface area contributed by atoms with Crippen molar-refractivity contribution in [3.05, 3.63) is 87.1 Å². The Hall–Kier alpha value is -3.67. The molecule has 6 heteroatoms. The molecular weight excluding hydrogens is 330 g/mol. The summed E-state index contributed by atoms with van der Waals surface area (Å²) in [6, 6.07) is 18.2. The zero-order chi connectivity index (χ0) is 18.1. The number of benzene rings is 3. The van der Waals surface area contributed by atoms with Gasteiger partial charge in [-0.25, -0.2) is 4.79 Å². The first-order valence-corrected chi connectivity index (χ1v) is 8.03. The molecule has 1 heterocycles. The Kier molecular flexibility index (Phi) is 3.85. The maximum atomic E-state index is 12.5. The molecule has 1 N–H and O–H groups in total. The molecule has 0 amide bonds. The lowest BCUT2D eigenvalue weighted by atomic mass is 10.0. The van der Waals surface area contributed by atoms with Crippen molar-refractivity contribution in [2.45, 2.75) is 0 Å². The topological polar surface area (TPSA) is 76.5 Å². The van der Waals surface area contributed by atoms with Crippen LogP contribution in [0.4, 0.5) is 0 Å². The summed E-state index contributed by atoms with van der Waals surface area (Å²) in [5.74, 6) is 0.749. The summed E-state index contributed by atoms with van der Waals surface area (Å²) in [5.41, 5.74) is 0.228. The third-order valence-corrected chi connectivity index (χ3v) is 4.23. The van der Waals surface area contributed by atoms with Crippen LogP contribution in [0.3, 0.4) is 0 Å². The lowest BCUT2D eigenvalue weighted by Crippen LogP contribution is -2.32. The van der Waals surface area contributed by atoms with Crippen LogP contribution in [0, 0.1) is 0 Å². The van der Waals surface area contributed by atoms with Crippen molar-refractivity contribution >= 4 is 27.9 Å². The third-order valence-electron chi connectivity index (χ3n) is 4.23. The Morgan fingerprint density at radius 1 is 0.923 bits per heavy atom. The smallest absolute Gasteiger partial charge is 0.349 e. The number of hydrogen-bond acceptors (Lipinski definition) is 4. The van der Waals surface area contributed by atoms with Gasteiger partial charge in [-0.05, 0) is 29.7 Å². The van der Waals surface area contributed by atoms with Crippen LogP contribution in [-0.4, -0.2) is 23.0 Å². The molecule has 0 radical (unpaired) electrons. The highest BCUT2D eigenvalue weighted by Gasteiger charge is 2.07. The van der Waals surface area contributed by atoms with Crippen LogP contribution in [0.1, 0.15) is 5.56 Å². The molecule has 0 atom stereocenters. The van der Waals surface area contributed by atoms with Gasteiger partial charge in [0.2, 0.25) is 0 Å². The van der Waals surface area contributed by atoms with Crippen LogP contribution < -0.4 is 16.0 Å². The number of aromatic amines is 1. The highest BCUT2D eigenvalue weighted by atomic mass is 16.5. The Morgan fingerprint density at radius 3 is 2.38 bits per heavy atom. The number of hydrogen-bond donors (Lipinski definition) is 1. The predicted molar refractivity (Wildman–Crippen MR) is 102 cm³/mol. The van der Waals surface area contributed by atoms with Gasteiger partial charge >= 0.3 is 5.69 Å². The van der Waals surface area contributed by atoms with Crippen LogP contribution in [0.2, 0.25) is 0 Å². The van der Waals surface area contributed by atoms with Crippen LogP contribution in [0.5, 0.6) is 5.75 Å². The summed E-state index contributed by atoms with van der Waals surface area (Å²) in [6.07, 6.45) is 1.51. The van der Waals surface area contributed by atoms with Crippen molar-refractivity contribution in [2.24, 2.45) is 5.10 Å². The van der Waals surface area contributed by atoms with Crippen LogP contribution in [-0.2, 0) is 0 Å². The number of nitrogens with one attached hydrogen (secondary N) is 1. The van der Waals surface area contributed by atoms with Gasteiger partial charge in [-0.1, -0.05) is 36.4 Å². The van der Waals surface area contributed by atoms with E-state index in [0.29, 0.717) is 10.9 Å². The van der Waals surface area contributed by atoms with E-state index in [2.05, 4.69) is 10.1 Å². The molecule has 0 fully saturated rings. The second-order valence-corrected chi connectivity index (χ2v) is 5.74. The average Bonchev–Trinajstić information content (AvgIpc) is 2.67. The van der Waals surface area contributed by atoms with Gasteiger partial charge in [-0.15, -0.1) is 4.68 Å². The number of ether oxygens (including phenoxy) is 1. The van der Waals surface area contributed by atoms with E-state index in [-0.39, 0.29) is 0 Å². The fourth-order valence-corrected chi connectivity index (χ4v) is 2.96. The monoisotopic (exact) mass is 345 g/mol. The van der Waals surface area contributed by atoms with Crippen LogP contribution in [0.15, 0.2) is 75.4 Å². The summed E-state index contributed by atoms with van der Waals surface area (Å²) < 4.78 is 6.21. The highest BCUT2D eigenvalue weighted by molar-refractivity contribution is 6.02. The van der Waals surface area contributed by atoms with Gasteiger partial charge in [0.15, 0.2) is 0 Å². The first-order valence-electron chi connectivity index (χ1n) is 8.03. The number of H-pyrrole nitrogens is 1. The molecule has 0 spiro atoms. The minimum atomic E-state index is -0.581. The van der Waals surface area contributed by atoms with Crippen molar-refractivity contribution in [3.8, 4) is 5.75 Å². The van der Waals surface area contributed by atoms with Gasteiger partial charge in [0.05, 0.1) is 24.2 Å². The molecular formula is C20H15N3O3. The van der Waals surface area contributed by atoms with E-state index in [1.165, 1.54) is 6.21 Å². The molecule has 0 saturated carbocycles. The number of rotatable bonds is 3. The first kappa shape index (κ1) is 15.8. The molecule has 0 unspecified atom stereocenters. The maximum absolute atomic E-state index is 12.5. The van der Waals surface area contributed by atoms with Crippen molar-refractivity contribution in [2.75, 3.05) is 7.11 Å². The van der Waals surface area contributed by atoms with Gasteiger partial charge in [0, 0.05) is 10.9 Å². The van der Waals surface area contributed by atoms with Crippen molar-refractivity contribution < 1.29 is 4.74 Å². The zero-order valence-corrected chi connectivity index (χ0v) is 14.0. The molecule has 0 aliphatic carbocycles. The molecule has 3 aromatic carbocycles. The molecule has 128 valence electrons. The number of para-hydroxylation sites is 1. The van der Waals surface area contributed by atoms with E-state index in [9.17, 15) is 9.59 Å². The summed E-state index contributed by atoms with van der Waals surface area (Å²) in [5, 5.41) is 6.38. The predicted octanol–water partition coefficient (Wildman–Crippen LogP) is 2.73. The maximum Gasteiger partial charge on any atom is 0.349 e. The fourth-order valence-electron chi connectivity index (χ4n) is 2.96. The summed E-state index contributed by atoms with van der Waals surface area (Å²) in [4.78, 5) is 27.4. The van der Waals surface area contributed by atoms with E-state index < -0.39 is 11.2 Å². The quantitative estimate of drug-likeness (QED) is 0.580. The van der Waals surface area contributed by atoms with Gasteiger partial charge in [0.1, 0.15) is 5.75 Å². The Labute approximate surface area is 148 Å². The van der Waals surface area contributed by atoms with Gasteiger partial charge in [-0.2, -0.15) is 5.10 Å². The molecule has 1 aromatic heterocycles. The number of methoxy groups -OCH3 is 1. The van der Waals surface area contributed by atoms with Crippen LogP contribution in [0.25, 0.3) is 21.7 Å². The third kappa shape index (κ3) is 2.57. The SMILES string of the molecule is COc1ccc(C=Nn2c(=O)[nH]c3ccccc3c2=O)c2ccccc12. The molecule has 6 nitrogen and oxygen atoms in total. The molecule has 0 aliphatic rings. The van der Waals surface area contributed by atoms with Crippen molar-refractivity contribution in [1.82, 2.24) is 9.66 Å². The summed E-state index contributed by atoms with van der Waals surface area (Å²) in [7, 11) is 1.61. The number of aromatic nitrogens is 2. The van der Waals surface area contributed by atoms with E-state index in [0.717, 1.165) is 26.8 Å². The molecule has 0 aliphatic heterocycles. The summed E-state index contributed by atoms with van der Waals surface area (Å²) in [6.45, 7) is 0. The molecule has 0 saturated heterocycles.